The fourth-order valence-electron chi connectivity index (χ4n) is 5.27. The Kier molecular flexibility index (Phi) is 3.82. The van der Waals surface area contributed by atoms with Crippen molar-refractivity contribution in [1.82, 2.24) is 4.98 Å². The predicted octanol–water partition coefficient (Wildman–Crippen LogP) is 9.19. The number of para-hydroxylation sites is 4. The standard InChI is InChI=1S/C31H18N2OS/c1-3-13-26-24(11-1)33(25-12-2-4-14-27(25)34-26)21-17-15-20(16-18-21)31-32-29-22-9-5-7-19-8-6-10-23(28(19)22)30(29)35-31/h1-18H. The molecule has 0 amide bonds. The highest BCUT2D eigenvalue weighted by atomic mass is 32.1. The van der Waals surface area contributed by atoms with Crippen molar-refractivity contribution in [2.45, 2.75) is 0 Å². The van der Waals surface area contributed by atoms with E-state index in [1.165, 1.54) is 26.8 Å². The minimum Gasteiger partial charge on any atom is -0.453 e. The molecule has 2 heterocycles. The summed E-state index contributed by atoms with van der Waals surface area (Å²) < 4.78 is 6.16. The molecule has 5 aromatic carbocycles. The summed E-state index contributed by atoms with van der Waals surface area (Å²) in [5, 5.41) is 3.66. The molecule has 4 heteroatoms. The lowest BCUT2D eigenvalue weighted by atomic mass is 10.0. The third-order valence-electron chi connectivity index (χ3n) is 6.84. The first-order valence-electron chi connectivity index (χ1n) is 11.6. The number of fused-ring (bicyclic) bond motifs is 5. The van der Waals surface area contributed by atoms with E-state index < -0.39 is 0 Å². The summed E-state index contributed by atoms with van der Waals surface area (Å²) in [5.41, 5.74) is 7.96. The zero-order valence-electron chi connectivity index (χ0n) is 18.6. The van der Waals surface area contributed by atoms with Crippen molar-refractivity contribution in [1.29, 1.82) is 0 Å². The van der Waals surface area contributed by atoms with E-state index in [0.29, 0.717) is 0 Å². The predicted molar refractivity (Wildman–Crippen MR) is 144 cm³/mol. The second-order valence-electron chi connectivity index (χ2n) is 8.83. The Balaban J connectivity index is 1.21. The van der Waals surface area contributed by atoms with Gasteiger partial charge >= 0.3 is 0 Å². The van der Waals surface area contributed by atoms with Crippen molar-refractivity contribution in [3.63, 3.8) is 0 Å². The quantitative estimate of drug-likeness (QED) is 0.254. The molecule has 35 heavy (non-hydrogen) atoms. The van der Waals surface area contributed by atoms with Crippen LogP contribution in [0.5, 0.6) is 11.5 Å². The monoisotopic (exact) mass is 466 g/mol. The zero-order valence-corrected chi connectivity index (χ0v) is 19.4. The molecule has 0 fully saturated rings. The van der Waals surface area contributed by atoms with Crippen LogP contribution in [-0.4, -0.2) is 4.98 Å². The van der Waals surface area contributed by atoms with Gasteiger partial charge in [-0.1, -0.05) is 60.7 Å². The van der Waals surface area contributed by atoms with E-state index in [-0.39, 0.29) is 0 Å². The molecule has 2 aliphatic rings. The van der Waals surface area contributed by atoms with Crippen LogP contribution in [0.25, 0.3) is 43.0 Å². The molecule has 1 aromatic heterocycles. The number of nitrogens with zero attached hydrogens (tertiary/aromatic N) is 2. The van der Waals surface area contributed by atoms with Crippen LogP contribution in [0.2, 0.25) is 0 Å². The Morgan fingerprint density at radius 1 is 0.629 bits per heavy atom. The van der Waals surface area contributed by atoms with Gasteiger partial charge in [0.25, 0.3) is 0 Å². The molecule has 0 radical (unpaired) electrons. The van der Waals surface area contributed by atoms with Crippen LogP contribution >= 0.6 is 11.3 Å². The smallest absolute Gasteiger partial charge is 0.151 e. The van der Waals surface area contributed by atoms with E-state index in [4.69, 9.17) is 9.72 Å². The molecule has 0 saturated heterocycles. The lowest BCUT2D eigenvalue weighted by molar-refractivity contribution is 0.477. The first-order valence-corrected chi connectivity index (χ1v) is 12.5. The average Bonchev–Trinajstić information content (AvgIpc) is 3.48. The Labute approximate surface area is 206 Å². The number of anilines is 3. The van der Waals surface area contributed by atoms with Gasteiger partial charge in [-0.2, -0.15) is 0 Å². The van der Waals surface area contributed by atoms with Gasteiger partial charge in [-0.15, -0.1) is 11.3 Å². The van der Waals surface area contributed by atoms with Crippen molar-refractivity contribution in [3.05, 3.63) is 109 Å². The number of thiazole rings is 1. The molecule has 0 bridgehead atoms. The van der Waals surface area contributed by atoms with Gasteiger partial charge in [0, 0.05) is 22.4 Å². The van der Waals surface area contributed by atoms with Crippen LogP contribution in [0.1, 0.15) is 0 Å². The van der Waals surface area contributed by atoms with E-state index in [1.54, 1.807) is 11.3 Å². The minimum atomic E-state index is 0.861. The van der Waals surface area contributed by atoms with Crippen molar-refractivity contribution in [3.8, 4) is 43.8 Å². The highest BCUT2D eigenvalue weighted by Crippen LogP contribution is 2.52. The third-order valence-corrected chi connectivity index (χ3v) is 7.97. The largest absolute Gasteiger partial charge is 0.453 e. The molecule has 3 nitrogen and oxygen atoms in total. The second-order valence-corrected chi connectivity index (χ2v) is 9.82. The summed E-state index contributed by atoms with van der Waals surface area (Å²) in [7, 11) is 0. The highest BCUT2D eigenvalue weighted by molar-refractivity contribution is 7.19. The average molecular weight is 467 g/mol. The number of benzene rings is 5. The fourth-order valence-corrected chi connectivity index (χ4v) is 6.39. The minimum absolute atomic E-state index is 0.861. The summed E-state index contributed by atoms with van der Waals surface area (Å²) >= 11 is 1.78. The van der Waals surface area contributed by atoms with Gasteiger partial charge in [-0.25, -0.2) is 4.98 Å². The first kappa shape index (κ1) is 19.0. The summed E-state index contributed by atoms with van der Waals surface area (Å²) in [4.78, 5) is 8.63. The zero-order chi connectivity index (χ0) is 22.9. The first-order chi connectivity index (χ1) is 17.3. The van der Waals surface area contributed by atoms with E-state index in [9.17, 15) is 0 Å². The summed E-state index contributed by atoms with van der Waals surface area (Å²) in [6.07, 6.45) is 0. The number of aromatic nitrogens is 1. The van der Waals surface area contributed by atoms with E-state index >= 15 is 0 Å². The van der Waals surface area contributed by atoms with Crippen LogP contribution in [-0.2, 0) is 0 Å². The molecular weight excluding hydrogens is 448 g/mol. The van der Waals surface area contributed by atoms with Crippen LogP contribution in [0.3, 0.4) is 0 Å². The summed E-state index contributed by atoms with van der Waals surface area (Å²) in [6.45, 7) is 0. The molecule has 1 aliphatic heterocycles. The Morgan fingerprint density at radius 2 is 1.29 bits per heavy atom. The van der Waals surface area contributed by atoms with Crippen molar-refractivity contribution >= 4 is 39.2 Å². The Morgan fingerprint density at radius 3 is 2.00 bits per heavy atom. The van der Waals surface area contributed by atoms with Gasteiger partial charge in [-0.05, 0) is 59.3 Å². The normalized spacial score (nSPS) is 12.7. The molecule has 0 saturated carbocycles. The molecular formula is C31H18N2OS. The third kappa shape index (κ3) is 2.69. The van der Waals surface area contributed by atoms with Gasteiger partial charge in [0.2, 0.25) is 0 Å². The van der Waals surface area contributed by atoms with Crippen LogP contribution in [0, 0.1) is 0 Å². The fraction of sp³-hybridized carbons (Fsp3) is 0. The Bertz CT molecular complexity index is 1680. The molecule has 164 valence electrons. The van der Waals surface area contributed by atoms with E-state index in [1.807, 2.05) is 36.4 Å². The lowest BCUT2D eigenvalue weighted by Gasteiger charge is -2.32. The maximum atomic E-state index is 6.16. The van der Waals surface area contributed by atoms with E-state index in [0.717, 1.165) is 44.8 Å². The van der Waals surface area contributed by atoms with Crippen molar-refractivity contribution < 1.29 is 4.74 Å². The van der Waals surface area contributed by atoms with Gasteiger partial charge in [-0.3, -0.25) is 0 Å². The van der Waals surface area contributed by atoms with Crippen LogP contribution in [0.15, 0.2) is 109 Å². The second kappa shape index (κ2) is 7.05. The number of hydrogen-bond acceptors (Lipinski definition) is 4. The Hall–Kier alpha value is -4.41. The number of hydrogen-bond donors (Lipinski definition) is 0. The van der Waals surface area contributed by atoms with Gasteiger partial charge < -0.3 is 9.64 Å². The topological polar surface area (TPSA) is 25.4 Å². The van der Waals surface area contributed by atoms with Gasteiger partial charge in [0.15, 0.2) is 11.5 Å². The molecule has 1 aliphatic carbocycles. The summed E-state index contributed by atoms with van der Waals surface area (Å²) in [5.74, 6) is 1.72. The number of ether oxygens (including phenoxy) is 1. The molecule has 0 atom stereocenters. The maximum Gasteiger partial charge on any atom is 0.151 e. The molecule has 0 N–H and O–H groups in total. The summed E-state index contributed by atoms with van der Waals surface area (Å²) in [6, 6.07) is 38.1. The van der Waals surface area contributed by atoms with Crippen molar-refractivity contribution in [2.24, 2.45) is 0 Å². The van der Waals surface area contributed by atoms with E-state index in [2.05, 4.69) is 77.7 Å². The molecule has 6 aromatic rings. The molecule has 0 spiro atoms. The highest BCUT2D eigenvalue weighted by Gasteiger charge is 2.27. The van der Waals surface area contributed by atoms with Gasteiger partial charge in [0.1, 0.15) is 5.01 Å². The lowest BCUT2D eigenvalue weighted by Crippen LogP contribution is -2.15. The SMILES string of the molecule is c1ccc2c(c1)Oc1ccccc1N2c1ccc(-c2nc3c(s2)-c2cccc4cccc-3c24)cc1. The molecule has 0 unspecified atom stereocenters. The van der Waals surface area contributed by atoms with Gasteiger partial charge in [0.05, 0.1) is 21.9 Å². The molecule has 8 rings (SSSR count). The van der Waals surface area contributed by atoms with Crippen LogP contribution in [0.4, 0.5) is 17.1 Å². The van der Waals surface area contributed by atoms with Crippen molar-refractivity contribution in [2.75, 3.05) is 4.90 Å². The van der Waals surface area contributed by atoms with Crippen LogP contribution < -0.4 is 9.64 Å². The maximum absolute atomic E-state index is 6.16. The number of rotatable bonds is 2.